The lowest BCUT2D eigenvalue weighted by molar-refractivity contribution is -0.123. The third-order valence-electron chi connectivity index (χ3n) is 2.95. The summed E-state index contributed by atoms with van der Waals surface area (Å²) in [7, 11) is 0. The van der Waals surface area contributed by atoms with Gasteiger partial charge in [-0.25, -0.2) is 0 Å². The third kappa shape index (κ3) is 4.62. The van der Waals surface area contributed by atoms with Gasteiger partial charge in [-0.1, -0.05) is 19.8 Å². The largest absolute Gasteiger partial charge is 0.395 e. The zero-order valence-electron chi connectivity index (χ0n) is 9.54. The van der Waals surface area contributed by atoms with E-state index in [1.165, 1.54) is 12.8 Å². The van der Waals surface area contributed by atoms with Gasteiger partial charge in [-0.3, -0.25) is 9.69 Å². The first kappa shape index (κ1) is 12.5. The van der Waals surface area contributed by atoms with Gasteiger partial charge < -0.3 is 10.4 Å². The van der Waals surface area contributed by atoms with E-state index in [-0.39, 0.29) is 12.5 Å². The normalized spacial score (nSPS) is 17.3. The highest BCUT2D eigenvalue weighted by molar-refractivity contribution is 5.78. The fraction of sp³-hybridized carbons (Fsp3) is 0.909. The number of hydrogen-bond donors (Lipinski definition) is 2. The van der Waals surface area contributed by atoms with Gasteiger partial charge in [0.2, 0.25) is 5.91 Å². The minimum atomic E-state index is 0.0946. The Labute approximate surface area is 91.6 Å². The monoisotopic (exact) mass is 214 g/mol. The van der Waals surface area contributed by atoms with E-state index in [2.05, 4.69) is 5.32 Å². The summed E-state index contributed by atoms with van der Waals surface area (Å²) in [6.45, 7) is 3.91. The van der Waals surface area contributed by atoms with Gasteiger partial charge in [0.15, 0.2) is 0 Å². The van der Waals surface area contributed by atoms with Crippen molar-refractivity contribution in [1.82, 2.24) is 10.2 Å². The average Bonchev–Trinajstić information content (AvgIpc) is 2.69. The van der Waals surface area contributed by atoms with E-state index in [4.69, 9.17) is 5.11 Å². The standard InChI is InChI=1S/C11H22N2O2/c1-2-13(7-8-14)9-11(15)12-10-5-3-4-6-10/h10,14H,2-9H2,1H3,(H,12,15). The van der Waals surface area contributed by atoms with Gasteiger partial charge in [-0.2, -0.15) is 0 Å². The van der Waals surface area contributed by atoms with Crippen LogP contribution in [0.1, 0.15) is 32.6 Å². The van der Waals surface area contributed by atoms with Crippen molar-refractivity contribution in [2.24, 2.45) is 0 Å². The molecule has 1 rings (SSSR count). The van der Waals surface area contributed by atoms with E-state index in [0.29, 0.717) is 19.1 Å². The van der Waals surface area contributed by atoms with E-state index < -0.39 is 0 Å². The molecule has 0 aliphatic heterocycles. The first-order valence-corrected chi connectivity index (χ1v) is 5.88. The minimum absolute atomic E-state index is 0.0946. The third-order valence-corrected chi connectivity index (χ3v) is 2.95. The SMILES string of the molecule is CCN(CCO)CC(=O)NC1CCCC1. The van der Waals surface area contributed by atoms with Crippen LogP contribution in [-0.4, -0.2) is 48.2 Å². The predicted octanol–water partition coefficient (Wildman–Crippen LogP) is 0.359. The summed E-state index contributed by atoms with van der Waals surface area (Å²) < 4.78 is 0. The number of nitrogens with zero attached hydrogens (tertiary/aromatic N) is 1. The van der Waals surface area contributed by atoms with Crippen LogP contribution in [0, 0.1) is 0 Å². The van der Waals surface area contributed by atoms with Crippen molar-refractivity contribution in [3.8, 4) is 0 Å². The molecule has 0 saturated heterocycles. The topological polar surface area (TPSA) is 52.6 Å². The molecule has 0 atom stereocenters. The second-order valence-corrected chi connectivity index (χ2v) is 4.14. The molecule has 15 heavy (non-hydrogen) atoms. The van der Waals surface area contributed by atoms with E-state index in [1.807, 2.05) is 11.8 Å². The summed E-state index contributed by atoms with van der Waals surface area (Å²) in [4.78, 5) is 13.6. The molecule has 1 fully saturated rings. The van der Waals surface area contributed by atoms with Crippen LogP contribution in [-0.2, 0) is 4.79 Å². The molecule has 0 bridgehead atoms. The molecule has 0 unspecified atom stereocenters. The Morgan fingerprint density at radius 2 is 2.13 bits per heavy atom. The van der Waals surface area contributed by atoms with Crippen molar-refractivity contribution in [1.29, 1.82) is 0 Å². The zero-order chi connectivity index (χ0) is 11.1. The molecule has 88 valence electrons. The Kier molecular flexibility index (Phi) is 5.65. The number of aliphatic hydroxyl groups excluding tert-OH is 1. The Morgan fingerprint density at radius 3 is 2.67 bits per heavy atom. The van der Waals surface area contributed by atoms with Crippen molar-refractivity contribution < 1.29 is 9.90 Å². The Bertz CT molecular complexity index is 191. The van der Waals surface area contributed by atoms with Gasteiger partial charge in [0, 0.05) is 12.6 Å². The smallest absolute Gasteiger partial charge is 0.234 e. The molecule has 0 spiro atoms. The van der Waals surface area contributed by atoms with Crippen LogP contribution < -0.4 is 5.32 Å². The highest BCUT2D eigenvalue weighted by Gasteiger charge is 2.17. The van der Waals surface area contributed by atoms with E-state index in [1.54, 1.807) is 0 Å². The predicted molar refractivity (Wildman–Crippen MR) is 59.6 cm³/mol. The van der Waals surface area contributed by atoms with Crippen LogP contribution in [0.5, 0.6) is 0 Å². The van der Waals surface area contributed by atoms with Crippen LogP contribution in [0.4, 0.5) is 0 Å². The first-order chi connectivity index (χ1) is 7.26. The number of aliphatic hydroxyl groups is 1. The molecule has 1 amide bonds. The lowest BCUT2D eigenvalue weighted by atomic mass is 10.2. The van der Waals surface area contributed by atoms with Crippen molar-refractivity contribution in [2.45, 2.75) is 38.6 Å². The first-order valence-electron chi connectivity index (χ1n) is 5.88. The average molecular weight is 214 g/mol. The van der Waals surface area contributed by atoms with Gasteiger partial charge >= 0.3 is 0 Å². The Morgan fingerprint density at radius 1 is 1.47 bits per heavy atom. The van der Waals surface area contributed by atoms with E-state index >= 15 is 0 Å². The lowest BCUT2D eigenvalue weighted by Gasteiger charge is -2.20. The quantitative estimate of drug-likeness (QED) is 0.671. The molecule has 1 saturated carbocycles. The highest BCUT2D eigenvalue weighted by atomic mass is 16.3. The second kappa shape index (κ2) is 6.80. The maximum absolute atomic E-state index is 11.6. The fourth-order valence-electron chi connectivity index (χ4n) is 2.04. The van der Waals surface area contributed by atoms with Gasteiger partial charge in [-0.05, 0) is 19.4 Å². The summed E-state index contributed by atoms with van der Waals surface area (Å²) in [5.74, 6) is 0.0946. The zero-order valence-corrected chi connectivity index (χ0v) is 9.54. The molecule has 4 heteroatoms. The van der Waals surface area contributed by atoms with Crippen LogP contribution in [0.25, 0.3) is 0 Å². The van der Waals surface area contributed by atoms with Crippen molar-refractivity contribution in [3.63, 3.8) is 0 Å². The van der Waals surface area contributed by atoms with Gasteiger partial charge in [0.1, 0.15) is 0 Å². The number of nitrogens with one attached hydrogen (secondary N) is 1. The fourth-order valence-corrected chi connectivity index (χ4v) is 2.04. The molecule has 0 aromatic rings. The summed E-state index contributed by atoms with van der Waals surface area (Å²) in [5.41, 5.74) is 0. The van der Waals surface area contributed by atoms with Crippen LogP contribution in [0.2, 0.25) is 0 Å². The minimum Gasteiger partial charge on any atom is -0.395 e. The van der Waals surface area contributed by atoms with Crippen LogP contribution >= 0.6 is 0 Å². The van der Waals surface area contributed by atoms with Gasteiger partial charge in [-0.15, -0.1) is 0 Å². The molecule has 0 aromatic carbocycles. The number of hydrogen-bond acceptors (Lipinski definition) is 3. The van der Waals surface area contributed by atoms with Gasteiger partial charge in [0.25, 0.3) is 0 Å². The molecule has 4 nitrogen and oxygen atoms in total. The van der Waals surface area contributed by atoms with Crippen LogP contribution in [0.15, 0.2) is 0 Å². The van der Waals surface area contributed by atoms with Crippen molar-refractivity contribution in [3.05, 3.63) is 0 Å². The molecule has 1 aliphatic rings. The molecule has 0 heterocycles. The molecular weight excluding hydrogens is 192 g/mol. The molecule has 0 radical (unpaired) electrons. The lowest BCUT2D eigenvalue weighted by Crippen LogP contribution is -2.41. The summed E-state index contributed by atoms with van der Waals surface area (Å²) in [5, 5.41) is 11.8. The number of amides is 1. The summed E-state index contributed by atoms with van der Waals surface area (Å²) in [6, 6.07) is 0.394. The van der Waals surface area contributed by atoms with Crippen molar-refractivity contribution in [2.75, 3.05) is 26.2 Å². The maximum atomic E-state index is 11.6. The summed E-state index contributed by atoms with van der Waals surface area (Å²) in [6.07, 6.45) is 4.72. The molecule has 1 aliphatic carbocycles. The summed E-state index contributed by atoms with van der Waals surface area (Å²) >= 11 is 0. The Balaban J connectivity index is 2.20. The number of carbonyl (C=O) groups excluding carboxylic acids is 1. The maximum Gasteiger partial charge on any atom is 0.234 e. The molecule has 2 N–H and O–H groups in total. The Hall–Kier alpha value is -0.610. The molecule has 0 aromatic heterocycles. The van der Waals surface area contributed by atoms with E-state index in [0.717, 1.165) is 19.4 Å². The van der Waals surface area contributed by atoms with Gasteiger partial charge in [0.05, 0.1) is 13.2 Å². The number of carbonyl (C=O) groups is 1. The van der Waals surface area contributed by atoms with Crippen molar-refractivity contribution >= 4 is 5.91 Å². The van der Waals surface area contributed by atoms with E-state index in [9.17, 15) is 4.79 Å². The molecular formula is C11H22N2O2. The van der Waals surface area contributed by atoms with Crippen LogP contribution in [0.3, 0.4) is 0 Å². The number of likely N-dealkylation sites (N-methyl/N-ethyl adjacent to an activating group) is 1. The second-order valence-electron chi connectivity index (χ2n) is 4.14. The number of rotatable bonds is 6. The highest BCUT2D eigenvalue weighted by Crippen LogP contribution is 2.17.